The summed E-state index contributed by atoms with van der Waals surface area (Å²) in [6, 6.07) is 13.4. The van der Waals surface area contributed by atoms with Crippen molar-refractivity contribution in [2.45, 2.75) is 26.4 Å². The first-order valence-electron chi connectivity index (χ1n) is 6.08. The first kappa shape index (κ1) is 11.9. The Morgan fingerprint density at radius 3 is 2.76 bits per heavy atom. The summed E-state index contributed by atoms with van der Waals surface area (Å²) in [5.74, 6) is 0. The van der Waals surface area contributed by atoms with Crippen LogP contribution in [-0.4, -0.2) is 11.6 Å². The molecule has 0 saturated heterocycles. The van der Waals surface area contributed by atoms with E-state index in [9.17, 15) is 0 Å². The van der Waals surface area contributed by atoms with Gasteiger partial charge in [0, 0.05) is 24.5 Å². The zero-order valence-corrected chi connectivity index (χ0v) is 10.8. The molecular weight excluding hydrogens is 208 g/mol. The topological polar surface area (TPSA) is 17.0 Å². The van der Waals surface area contributed by atoms with Gasteiger partial charge in [-0.3, -0.25) is 0 Å². The van der Waals surface area contributed by atoms with Gasteiger partial charge >= 0.3 is 0 Å². The Hall–Kier alpha value is -1.54. The van der Waals surface area contributed by atoms with Gasteiger partial charge in [-0.2, -0.15) is 0 Å². The maximum absolute atomic E-state index is 3.28. The first-order chi connectivity index (χ1) is 8.20. The molecule has 17 heavy (non-hydrogen) atoms. The van der Waals surface area contributed by atoms with Gasteiger partial charge in [-0.25, -0.2) is 0 Å². The van der Waals surface area contributed by atoms with Crippen LogP contribution in [0.25, 0.3) is 0 Å². The maximum atomic E-state index is 3.28. The van der Waals surface area contributed by atoms with E-state index in [4.69, 9.17) is 0 Å². The zero-order chi connectivity index (χ0) is 12.3. The third kappa shape index (κ3) is 2.77. The molecule has 0 aliphatic heterocycles. The van der Waals surface area contributed by atoms with Crippen molar-refractivity contribution in [2.75, 3.05) is 7.05 Å². The van der Waals surface area contributed by atoms with Gasteiger partial charge < -0.3 is 9.88 Å². The van der Waals surface area contributed by atoms with E-state index < -0.39 is 0 Å². The maximum Gasteiger partial charge on any atom is 0.0473 e. The van der Waals surface area contributed by atoms with Gasteiger partial charge in [-0.1, -0.05) is 29.8 Å². The van der Waals surface area contributed by atoms with Crippen molar-refractivity contribution in [1.82, 2.24) is 9.88 Å². The fourth-order valence-corrected chi connectivity index (χ4v) is 2.12. The Labute approximate surface area is 103 Å². The quantitative estimate of drug-likeness (QED) is 0.850. The lowest BCUT2D eigenvalue weighted by molar-refractivity contribution is 0.589. The Morgan fingerprint density at radius 2 is 2.06 bits per heavy atom. The van der Waals surface area contributed by atoms with E-state index in [1.54, 1.807) is 0 Å². The molecule has 0 saturated carbocycles. The van der Waals surface area contributed by atoms with Crippen LogP contribution in [-0.2, 0) is 6.54 Å². The molecule has 1 atom stereocenters. The third-order valence-corrected chi connectivity index (χ3v) is 3.18. The minimum Gasteiger partial charge on any atom is -0.346 e. The summed E-state index contributed by atoms with van der Waals surface area (Å²) in [5, 5.41) is 3.28. The molecule has 1 heterocycles. The van der Waals surface area contributed by atoms with Crippen molar-refractivity contribution in [3.63, 3.8) is 0 Å². The molecule has 1 unspecified atom stereocenters. The predicted octanol–water partition coefficient (Wildman–Crippen LogP) is 3.13. The van der Waals surface area contributed by atoms with Crippen molar-refractivity contribution in [3.05, 3.63) is 59.4 Å². The number of aryl methyl sites for hydroxylation is 1. The Morgan fingerprint density at radius 1 is 1.24 bits per heavy atom. The lowest BCUT2D eigenvalue weighted by Crippen LogP contribution is -2.16. The van der Waals surface area contributed by atoms with Crippen LogP contribution >= 0.6 is 0 Å². The van der Waals surface area contributed by atoms with Crippen LogP contribution in [0.2, 0.25) is 0 Å². The molecule has 1 N–H and O–H groups in total. The molecule has 2 nitrogen and oxygen atoms in total. The van der Waals surface area contributed by atoms with Crippen molar-refractivity contribution in [2.24, 2.45) is 0 Å². The highest BCUT2D eigenvalue weighted by Crippen LogP contribution is 2.15. The van der Waals surface area contributed by atoms with E-state index >= 15 is 0 Å². The fraction of sp³-hybridized carbons (Fsp3) is 0.333. The standard InChI is InChI=1S/C15H20N2/c1-12-6-4-7-14(10-12)11-17-9-5-8-15(17)13(2)16-3/h4-10,13,16H,11H2,1-3H3. The summed E-state index contributed by atoms with van der Waals surface area (Å²) < 4.78 is 2.30. The SMILES string of the molecule is CNC(C)c1cccn1Cc1cccc(C)c1. The van der Waals surface area contributed by atoms with Crippen LogP contribution in [0, 0.1) is 6.92 Å². The Kier molecular flexibility index (Phi) is 3.64. The molecule has 1 aromatic heterocycles. The van der Waals surface area contributed by atoms with Gasteiger partial charge in [0.1, 0.15) is 0 Å². The summed E-state index contributed by atoms with van der Waals surface area (Å²) in [6.45, 7) is 5.26. The van der Waals surface area contributed by atoms with Gasteiger partial charge in [-0.05, 0) is 38.6 Å². The van der Waals surface area contributed by atoms with E-state index in [2.05, 4.69) is 66.3 Å². The average molecular weight is 228 g/mol. The number of aromatic nitrogens is 1. The summed E-state index contributed by atoms with van der Waals surface area (Å²) >= 11 is 0. The largest absolute Gasteiger partial charge is 0.346 e. The van der Waals surface area contributed by atoms with Crippen LogP contribution in [0.5, 0.6) is 0 Å². The van der Waals surface area contributed by atoms with Crippen LogP contribution in [0.1, 0.15) is 29.8 Å². The van der Waals surface area contributed by atoms with Crippen LogP contribution < -0.4 is 5.32 Å². The monoisotopic (exact) mass is 228 g/mol. The van der Waals surface area contributed by atoms with E-state index in [1.165, 1.54) is 16.8 Å². The van der Waals surface area contributed by atoms with Crippen molar-refractivity contribution in [1.29, 1.82) is 0 Å². The van der Waals surface area contributed by atoms with E-state index in [0.29, 0.717) is 6.04 Å². The minimum absolute atomic E-state index is 0.384. The molecule has 0 amide bonds. The molecule has 0 bridgehead atoms. The van der Waals surface area contributed by atoms with Gasteiger partial charge in [0.05, 0.1) is 0 Å². The molecule has 0 spiro atoms. The molecule has 1 aromatic carbocycles. The number of hydrogen-bond donors (Lipinski definition) is 1. The molecule has 0 fully saturated rings. The molecular formula is C15H20N2. The van der Waals surface area contributed by atoms with Crippen LogP contribution in [0.4, 0.5) is 0 Å². The number of rotatable bonds is 4. The summed E-state index contributed by atoms with van der Waals surface area (Å²) in [7, 11) is 1.99. The number of nitrogens with zero attached hydrogens (tertiary/aromatic N) is 1. The first-order valence-corrected chi connectivity index (χ1v) is 6.08. The van der Waals surface area contributed by atoms with Crippen LogP contribution in [0.15, 0.2) is 42.6 Å². The second kappa shape index (κ2) is 5.19. The lowest BCUT2D eigenvalue weighted by atomic mass is 10.1. The predicted molar refractivity (Wildman–Crippen MR) is 72.2 cm³/mol. The van der Waals surface area contributed by atoms with Crippen molar-refractivity contribution in [3.8, 4) is 0 Å². The summed E-state index contributed by atoms with van der Waals surface area (Å²) in [5.41, 5.74) is 4.00. The van der Waals surface area contributed by atoms with E-state index in [1.807, 2.05) is 7.05 Å². The van der Waals surface area contributed by atoms with Gasteiger partial charge in [0.25, 0.3) is 0 Å². The number of nitrogens with one attached hydrogen (secondary N) is 1. The molecule has 90 valence electrons. The molecule has 2 rings (SSSR count). The summed E-state index contributed by atoms with van der Waals surface area (Å²) in [6.07, 6.45) is 2.14. The normalized spacial score (nSPS) is 12.6. The van der Waals surface area contributed by atoms with E-state index in [0.717, 1.165) is 6.54 Å². The molecule has 0 radical (unpaired) electrons. The molecule has 2 heteroatoms. The highest BCUT2D eigenvalue weighted by atomic mass is 15.0. The van der Waals surface area contributed by atoms with Gasteiger partial charge in [0.15, 0.2) is 0 Å². The molecule has 2 aromatic rings. The number of hydrogen-bond acceptors (Lipinski definition) is 1. The average Bonchev–Trinajstić information content (AvgIpc) is 2.76. The second-order valence-corrected chi connectivity index (χ2v) is 4.56. The Balaban J connectivity index is 2.22. The minimum atomic E-state index is 0.384. The molecule has 0 aliphatic rings. The highest BCUT2D eigenvalue weighted by Gasteiger charge is 2.07. The van der Waals surface area contributed by atoms with Crippen molar-refractivity contribution < 1.29 is 0 Å². The van der Waals surface area contributed by atoms with Gasteiger partial charge in [-0.15, -0.1) is 0 Å². The summed E-state index contributed by atoms with van der Waals surface area (Å²) in [4.78, 5) is 0. The fourth-order valence-electron chi connectivity index (χ4n) is 2.12. The van der Waals surface area contributed by atoms with Crippen LogP contribution in [0.3, 0.4) is 0 Å². The third-order valence-electron chi connectivity index (χ3n) is 3.18. The highest BCUT2D eigenvalue weighted by molar-refractivity contribution is 5.24. The zero-order valence-electron chi connectivity index (χ0n) is 10.8. The second-order valence-electron chi connectivity index (χ2n) is 4.56. The van der Waals surface area contributed by atoms with Crippen molar-refractivity contribution >= 4 is 0 Å². The number of benzene rings is 1. The smallest absolute Gasteiger partial charge is 0.0473 e. The van der Waals surface area contributed by atoms with Gasteiger partial charge in [0.2, 0.25) is 0 Å². The lowest BCUT2D eigenvalue weighted by Gasteiger charge is -2.15. The van der Waals surface area contributed by atoms with E-state index in [-0.39, 0.29) is 0 Å². The Bertz CT molecular complexity index is 485. The molecule has 0 aliphatic carbocycles.